The van der Waals surface area contributed by atoms with Gasteiger partial charge >= 0.3 is 6.03 Å². The number of rotatable bonds is 2. The number of aryl methyl sites for hydroxylation is 1. The minimum Gasteiger partial charge on any atom is -0.462 e. The number of barbiturate groups is 1. The zero-order chi connectivity index (χ0) is 15.7. The molecule has 22 heavy (non-hydrogen) atoms. The second-order valence-corrected chi connectivity index (χ2v) is 4.74. The van der Waals surface area contributed by atoms with Crippen LogP contribution >= 0.6 is 0 Å². The number of furan rings is 1. The molecule has 1 N–H and O–H groups in total. The molecule has 3 rings (SSSR count). The van der Waals surface area contributed by atoms with E-state index in [9.17, 15) is 14.4 Å². The topological polar surface area (TPSA) is 79.6 Å². The number of benzene rings is 1. The van der Waals surface area contributed by atoms with E-state index in [1.54, 1.807) is 49.4 Å². The number of imide groups is 2. The maximum atomic E-state index is 12.5. The lowest BCUT2D eigenvalue weighted by atomic mass is 10.1. The molecule has 4 amide bonds. The smallest absolute Gasteiger partial charge is 0.335 e. The average Bonchev–Trinajstić information content (AvgIpc) is 2.90. The minimum absolute atomic E-state index is 0.155. The lowest BCUT2D eigenvalue weighted by Crippen LogP contribution is -2.54. The third kappa shape index (κ3) is 2.42. The normalized spacial score (nSPS) is 17.0. The molecule has 110 valence electrons. The van der Waals surface area contributed by atoms with Crippen molar-refractivity contribution in [3.05, 3.63) is 59.6 Å². The summed E-state index contributed by atoms with van der Waals surface area (Å²) in [5.74, 6) is -0.393. The Morgan fingerprint density at radius 3 is 2.41 bits per heavy atom. The van der Waals surface area contributed by atoms with E-state index in [1.807, 2.05) is 0 Å². The molecule has 0 aliphatic carbocycles. The van der Waals surface area contributed by atoms with E-state index in [-0.39, 0.29) is 5.57 Å². The monoisotopic (exact) mass is 296 g/mol. The number of hydrogen-bond acceptors (Lipinski definition) is 4. The maximum absolute atomic E-state index is 12.5. The minimum atomic E-state index is -0.769. The Balaban J connectivity index is 2.01. The lowest BCUT2D eigenvalue weighted by Gasteiger charge is -2.26. The Morgan fingerprint density at radius 1 is 1.05 bits per heavy atom. The molecule has 6 heteroatoms. The fourth-order valence-electron chi connectivity index (χ4n) is 2.14. The van der Waals surface area contributed by atoms with E-state index in [2.05, 4.69) is 5.32 Å². The highest BCUT2D eigenvalue weighted by Gasteiger charge is 2.36. The summed E-state index contributed by atoms with van der Waals surface area (Å²) in [7, 11) is 0. The molecule has 1 aliphatic heterocycles. The first-order chi connectivity index (χ1) is 10.6. The highest BCUT2D eigenvalue weighted by Crippen LogP contribution is 2.21. The van der Waals surface area contributed by atoms with E-state index in [4.69, 9.17) is 4.42 Å². The van der Waals surface area contributed by atoms with Gasteiger partial charge in [0, 0.05) is 0 Å². The van der Waals surface area contributed by atoms with E-state index in [0.29, 0.717) is 17.2 Å². The van der Waals surface area contributed by atoms with Crippen molar-refractivity contribution in [1.29, 1.82) is 0 Å². The van der Waals surface area contributed by atoms with Gasteiger partial charge in [-0.1, -0.05) is 18.2 Å². The predicted molar refractivity (Wildman–Crippen MR) is 78.9 cm³/mol. The molecule has 0 atom stereocenters. The van der Waals surface area contributed by atoms with Crippen LogP contribution in [0.4, 0.5) is 10.5 Å². The number of amides is 4. The zero-order valence-electron chi connectivity index (χ0n) is 11.7. The largest absolute Gasteiger partial charge is 0.462 e. The van der Waals surface area contributed by atoms with Gasteiger partial charge in [0.2, 0.25) is 0 Å². The molecule has 1 aliphatic rings. The van der Waals surface area contributed by atoms with Gasteiger partial charge in [-0.2, -0.15) is 0 Å². The molecular formula is C16H12N2O4. The summed E-state index contributed by atoms with van der Waals surface area (Å²) in [6, 6.07) is 11.0. The van der Waals surface area contributed by atoms with Crippen molar-refractivity contribution in [2.75, 3.05) is 4.90 Å². The van der Waals surface area contributed by atoms with Gasteiger partial charge in [0.05, 0.1) is 5.69 Å². The standard InChI is InChI=1S/C16H12N2O4/c1-10-7-8-12(22-10)9-13-14(19)17-16(21)18(15(13)20)11-5-3-2-4-6-11/h2-9H,1H3,(H,17,19,21). The number of carbonyl (C=O) groups excluding carboxylic acids is 3. The van der Waals surface area contributed by atoms with Crippen molar-refractivity contribution in [3.8, 4) is 0 Å². The zero-order valence-corrected chi connectivity index (χ0v) is 11.7. The Morgan fingerprint density at radius 2 is 1.77 bits per heavy atom. The summed E-state index contributed by atoms with van der Waals surface area (Å²) in [5.41, 5.74) is 0.233. The second kappa shape index (κ2) is 5.33. The van der Waals surface area contributed by atoms with Gasteiger partial charge in [0.1, 0.15) is 17.1 Å². The summed E-state index contributed by atoms with van der Waals surface area (Å²) >= 11 is 0. The van der Waals surface area contributed by atoms with Crippen molar-refractivity contribution in [1.82, 2.24) is 5.32 Å². The predicted octanol–water partition coefficient (Wildman–Crippen LogP) is 2.25. The highest BCUT2D eigenvalue weighted by atomic mass is 16.3. The number of nitrogens with one attached hydrogen (secondary N) is 1. The van der Waals surface area contributed by atoms with Crippen LogP contribution in [-0.2, 0) is 9.59 Å². The first kappa shape index (κ1) is 13.8. The summed E-state index contributed by atoms with van der Waals surface area (Å²) in [6.45, 7) is 1.75. The van der Waals surface area contributed by atoms with Gasteiger partial charge in [0.25, 0.3) is 11.8 Å². The first-order valence-electron chi connectivity index (χ1n) is 6.59. The molecule has 0 radical (unpaired) electrons. The Labute approximate surface area is 126 Å². The molecule has 0 saturated carbocycles. The van der Waals surface area contributed by atoms with Gasteiger partial charge in [0.15, 0.2) is 0 Å². The van der Waals surface area contributed by atoms with Gasteiger partial charge in [-0.25, -0.2) is 9.69 Å². The van der Waals surface area contributed by atoms with E-state index in [0.717, 1.165) is 4.90 Å². The number of nitrogens with zero attached hydrogens (tertiary/aromatic N) is 1. The lowest BCUT2D eigenvalue weighted by molar-refractivity contribution is -0.122. The maximum Gasteiger partial charge on any atom is 0.335 e. The van der Waals surface area contributed by atoms with Gasteiger partial charge in [-0.15, -0.1) is 0 Å². The Hall–Kier alpha value is -3.15. The van der Waals surface area contributed by atoms with E-state index in [1.165, 1.54) is 6.08 Å². The quantitative estimate of drug-likeness (QED) is 0.681. The molecule has 2 aromatic rings. The third-order valence-corrected chi connectivity index (χ3v) is 3.16. The van der Waals surface area contributed by atoms with Crippen LogP contribution in [-0.4, -0.2) is 17.8 Å². The molecule has 1 saturated heterocycles. The molecule has 1 aromatic carbocycles. The first-order valence-corrected chi connectivity index (χ1v) is 6.59. The van der Waals surface area contributed by atoms with Crippen LogP contribution in [0.1, 0.15) is 11.5 Å². The molecule has 0 spiro atoms. The number of urea groups is 1. The van der Waals surface area contributed by atoms with Gasteiger partial charge in [-0.05, 0) is 37.3 Å². The summed E-state index contributed by atoms with van der Waals surface area (Å²) in [4.78, 5) is 37.3. The molecule has 1 aromatic heterocycles. The molecule has 1 fully saturated rings. The van der Waals surface area contributed by atoms with E-state index < -0.39 is 17.8 Å². The molecular weight excluding hydrogens is 284 g/mol. The van der Waals surface area contributed by atoms with Crippen LogP contribution in [0.3, 0.4) is 0 Å². The molecule has 0 unspecified atom stereocenters. The number of hydrogen-bond donors (Lipinski definition) is 1. The number of anilines is 1. The number of para-hydroxylation sites is 1. The van der Waals surface area contributed by atoms with Crippen molar-refractivity contribution < 1.29 is 18.8 Å². The number of carbonyl (C=O) groups is 3. The fourth-order valence-corrected chi connectivity index (χ4v) is 2.14. The van der Waals surface area contributed by atoms with Crippen LogP contribution in [0.25, 0.3) is 6.08 Å². The van der Waals surface area contributed by atoms with Crippen LogP contribution in [0.2, 0.25) is 0 Å². The summed E-state index contributed by atoms with van der Waals surface area (Å²) < 4.78 is 5.34. The van der Waals surface area contributed by atoms with Crippen LogP contribution < -0.4 is 10.2 Å². The van der Waals surface area contributed by atoms with Crippen LogP contribution in [0.5, 0.6) is 0 Å². The van der Waals surface area contributed by atoms with Gasteiger partial charge in [-0.3, -0.25) is 14.9 Å². The van der Waals surface area contributed by atoms with Crippen LogP contribution in [0, 0.1) is 6.92 Å². The summed E-state index contributed by atoms with van der Waals surface area (Å²) in [5, 5.41) is 2.15. The third-order valence-electron chi connectivity index (χ3n) is 3.16. The molecule has 6 nitrogen and oxygen atoms in total. The average molecular weight is 296 g/mol. The highest BCUT2D eigenvalue weighted by molar-refractivity contribution is 6.39. The fraction of sp³-hybridized carbons (Fsp3) is 0.0625. The Kier molecular flexibility index (Phi) is 3.34. The van der Waals surface area contributed by atoms with E-state index >= 15 is 0 Å². The van der Waals surface area contributed by atoms with Crippen molar-refractivity contribution in [2.24, 2.45) is 0 Å². The van der Waals surface area contributed by atoms with Gasteiger partial charge < -0.3 is 4.42 Å². The van der Waals surface area contributed by atoms with Crippen LogP contribution in [0.15, 0.2) is 52.5 Å². The molecule has 2 heterocycles. The second-order valence-electron chi connectivity index (χ2n) is 4.74. The van der Waals surface area contributed by atoms with Crippen molar-refractivity contribution >= 4 is 29.6 Å². The van der Waals surface area contributed by atoms with Crippen molar-refractivity contribution in [3.63, 3.8) is 0 Å². The summed E-state index contributed by atoms with van der Waals surface area (Å²) in [6.07, 6.45) is 1.33. The SMILES string of the molecule is Cc1ccc(C=C2C(=O)NC(=O)N(c3ccccc3)C2=O)o1. The molecule has 0 bridgehead atoms. The Bertz CT molecular complexity index is 789. The van der Waals surface area contributed by atoms with Crippen molar-refractivity contribution in [2.45, 2.75) is 6.92 Å².